The molecule has 0 radical (unpaired) electrons. The Balaban J connectivity index is 1.62. The van der Waals surface area contributed by atoms with Gasteiger partial charge in [-0.25, -0.2) is 0 Å². The van der Waals surface area contributed by atoms with Gasteiger partial charge in [0.05, 0.1) is 15.0 Å². The van der Waals surface area contributed by atoms with Crippen molar-refractivity contribution in [3.63, 3.8) is 0 Å². The second kappa shape index (κ2) is 7.18. The van der Waals surface area contributed by atoms with E-state index in [4.69, 9.17) is 4.42 Å². The first-order chi connectivity index (χ1) is 13.8. The van der Waals surface area contributed by atoms with Crippen molar-refractivity contribution < 1.29 is 4.42 Å². The first-order valence-electron chi connectivity index (χ1n) is 8.81. The highest BCUT2D eigenvalue weighted by Crippen LogP contribution is 2.30. The van der Waals surface area contributed by atoms with E-state index in [0.29, 0.717) is 23.6 Å². The third kappa shape index (κ3) is 3.08. The largest absolute Gasteiger partial charge is 0.418 e. The van der Waals surface area contributed by atoms with Crippen molar-refractivity contribution in [2.75, 3.05) is 0 Å². The highest BCUT2D eigenvalue weighted by atomic mass is 32.1. The summed E-state index contributed by atoms with van der Waals surface area (Å²) in [5.74, 6) is 0.929. The fourth-order valence-corrected chi connectivity index (χ4v) is 4.89. The fourth-order valence-electron chi connectivity index (χ4n) is 3.17. The maximum absolute atomic E-state index is 13.1. The summed E-state index contributed by atoms with van der Waals surface area (Å²) in [4.78, 5) is 14.0. The average molecular weight is 406 g/mol. The summed E-state index contributed by atoms with van der Waals surface area (Å²) >= 11 is 2.98. The number of rotatable bonds is 5. The Bertz CT molecular complexity index is 1270. The van der Waals surface area contributed by atoms with Gasteiger partial charge >= 0.3 is 0 Å². The molecular weight excluding hydrogens is 390 g/mol. The van der Waals surface area contributed by atoms with Crippen LogP contribution in [0.25, 0.3) is 20.9 Å². The van der Waals surface area contributed by atoms with Crippen LogP contribution in [0.15, 0.2) is 81.3 Å². The normalized spacial score (nSPS) is 12.4. The van der Waals surface area contributed by atoms with E-state index in [2.05, 4.69) is 10.2 Å². The molecule has 0 aliphatic heterocycles. The SMILES string of the molecule is O=c1c2ccccc2sn1[C@@H](Cc1ccccc1)c1nnc(-c2cccs2)o1. The number of hydrogen-bond donors (Lipinski definition) is 0. The van der Waals surface area contributed by atoms with Gasteiger partial charge in [-0.1, -0.05) is 60.1 Å². The molecule has 0 saturated heterocycles. The average Bonchev–Trinajstić information content (AvgIpc) is 3.48. The molecule has 0 saturated carbocycles. The van der Waals surface area contributed by atoms with E-state index < -0.39 is 0 Å². The van der Waals surface area contributed by atoms with Crippen LogP contribution < -0.4 is 5.56 Å². The van der Waals surface area contributed by atoms with Gasteiger partial charge in [-0.15, -0.1) is 21.5 Å². The lowest BCUT2D eigenvalue weighted by Gasteiger charge is -2.13. The molecule has 0 bridgehead atoms. The Morgan fingerprint density at radius 3 is 2.57 bits per heavy atom. The minimum atomic E-state index is -0.353. The van der Waals surface area contributed by atoms with Crippen LogP contribution >= 0.6 is 22.9 Å². The van der Waals surface area contributed by atoms with Gasteiger partial charge < -0.3 is 4.42 Å². The van der Waals surface area contributed by atoms with Gasteiger partial charge in [-0.2, -0.15) is 0 Å². The van der Waals surface area contributed by atoms with Crippen LogP contribution in [-0.2, 0) is 6.42 Å². The first kappa shape index (κ1) is 17.1. The van der Waals surface area contributed by atoms with Gasteiger partial charge in [0.1, 0.15) is 6.04 Å². The van der Waals surface area contributed by atoms with Gasteiger partial charge in [0, 0.05) is 6.42 Å². The van der Waals surface area contributed by atoms with E-state index in [1.807, 2.05) is 72.1 Å². The Hall–Kier alpha value is -3.03. The van der Waals surface area contributed by atoms with Gasteiger partial charge in [-0.05, 0) is 29.1 Å². The van der Waals surface area contributed by atoms with E-state index in [1.165, 1.54) is 11.5 Å². The summed E-state index contributed by atoms with van der Waals surface area (Å²) in [6.07, 6.45) is 0.597. The zero-order valence-electron chi connectivity index (χ0n) is 14.7. The van der Waals surface area contributed by atoms with Crippen LogP contribution in [0.4, 0.5) is 0 Å². The molecule has 5 aromatic rings. The van der Waals surface area contributed by atoms with Crippen LogP contribution in [0.5, 0.6) is 0 Å². The Morgan fingerprint density at radius 1 is 0.964 bits per heavy atom. The lowest BCUT2D eigenvalue weighted by atomic mass is 10.1. The highest BCUT2D eigenvalue weighted by Gasteiger charge is 2.25. The van der Waals surface area contributed by atoms with Crippen LogP contribution in [-0.4, -0.2) is 14.2 Å². The third-order valence-corrected chi connectivity index (χ3v) is 6.55. The summed E-state index contributed by atoms with van der Waals surface area (Å²) in [5, 5.41) is 11.2. The molecule has 0 aliphatic carbocycles. The number of thiophene rings is 1. The summed E-state index contributed by atoms with van der Waals surface area (Å²) in [6.45, 7) is 0. The molecule has 0 aliphatic rings. The quantitative estimate of drug-likeness (QED) is 0.412. The van der Waals surface area contributed by atoms with Crippen molar-refractivity contribution in [3.8, 4) is 10.8 Å². The van der Waals surface area contributed by atoms with Crippen molar-refractivity contribution >= 4 is 33.0 Å². The predicted octanol–water partition coefficient (Wildman–Crippen LogP) is 5.01. The van der Waals surface area contributed by atoms with Gasteiger partial charge in [0.2, 0.25) is 5.89 Å². The molecule has 7 heteroatoms. The maximum Gasteiger partial charge on any atom is 0.269 e. The Labute approximate surface area is 168 Å². The smallest absolute Gasteiger partial charge is 0.269 e. The molecule has 1 atom stereocenters. The molecule has 0 N–H and O–H groups in total. The van der Waals surface area contributed by atoms with Crippen LogP contribution in [0.1, 0.15) is 17.5 Å². The van der Waals surface area contributed by atoms with Crippen molar-refractivity contribution in [1.82, 2.24) is 14.2 Å². The molecule has 138 valence electrons. The third-order valence-electron chi connectivity index (χ3n) is 4.53. The second-order valence-electron chi connectivity index (χ2n) is 6.35. The topological polar surface area (TPSA) is 60.9 Å². The van der Waals surface area contributed by atoms with Gasteiger partial charge in [0.15, 0.2) is 0 Å². The van der Waals surface area contributed by atoms with Crippen LogP contribution in [0.2, 0.25) is 0 Å². The lowest BCUT2D eigenvalue weighted by Crippen LogP contribution is -2.22. The second-order valence-corrected chi connectivity index (χ2v) is 8.31. The molecule has 0 spiro atoms. The molecule has 5 nitrogen and oxygen atoms in total. The van der Waals surface area contributed by atoms with Crippen molar-refractivity contribution in [2.45, 2.75) is 12.5 Å². The molecule has 0 fully saturated rings. The van der Waals surface area contributed by atoms with Crippen LogP contribution in [0, 0.1) is 0 Å². The molecule has 2 aromatic carbocycles. The molecule has 3 aromatic heterocycles. The molecule has 5 rings (SSSR count). The monoisotopic (exact) mass is 405 g/mol. The first-order valence-corrected chi connectivity index (χ1v) is 10.5. The van der Waals surface area contributed by atoms with Gasteiger partial charge in [-0.3, -0.25) is 8.75 Å². The number of fused-ring (bicyclic) bond motifs is 1. The zero-order chi connectivity index (χ0) is 18.9. The summed E-state index contributed by atoms with van der Waals surface area (Å²) < 4.78 is 8.70. The number of benzene rings is 2. The summed E-state index contributed by atoms with van der Waals surface area (Å²) in [6, 6.07) is 21.2. The summed E-state index contributed by atoms with van der Waals surface area (Å²) in [7, 11) is 0. The molecular formula is C21H15N3O2S2. The van der Waals surface area contributed by atoms with E-state index in [1.54, 1.807) is 15.3 Å². The predicted molar refractivity (Wildman–Crippen MR) is 112 cm³/mol. The van der Waals surface area contributed by atoms with E-state index in [9.17, 15) is 4.79 Å². The molecule has 28 heavy (non-hydrogen) atoms. The van der Waals surface area contributed by atoms with E-state index in [0.717, 1.165) is 15.1 Å². The molecule has 3 heterocycles. The van der Waals surface area contributed by atoms with Crippen LogP contribution in [0.3, 0.4) is 0 Å². The lowest BCUT2D eigenvalue weighted by molar-refractivity contribution is 0.428. The van der Waals surface area contributed by atoms with Crippen molar-refractivity contribution in [2.24, 2.45) is 0 Å². The Morgan fingerprint density at radius 2 is 1.79 bits per heavy atom. The number of aromatic nitrogens is 3. The van der Waals surface area contributed by atoms with Gasteiger partial charge in [0.25, 0.3) is 11.4 Å². The minimum Gasteiger partial charge on any atom is -0.418 e. The molecule has 0 unspecified atom stereocenters. The maximum atomic E-state index is 13.1. The highest BCUT2D eigenvalue weighted by molar-refractivity contribution is 7.14. The van der Waals surface area contributed by atoms with Crippen molar-refractivity contribution in [3.05, 3.63) is 93.9 Å². The fraction of sp³-hybridized carbons (Fsp3) is 0.0952. The minimum absolute atomic E-state index is 0.0302. The summed E-state index contributed by atoms with van der Waals surface area (Å²) in [5.41, 5.74) is 1.07. The number of nitrogens with zero attached hydrogens (tertiary/aromatic N) is 3. The molecule has 0 amide bonds. The van der Waals surface area contributed by atoms with Crippen molar-refractivity contribution in [1.29, 1.82) is 0 Å². The standard InChI is InChI=1S/C21H15N3O2S2/c25-21-15-9-4-5-10-17(15)28-24(21)16(13-14-7-2-1-3-8-14)19-22-23-20(26-19)18-11-6-12-27-18/h1-12,16H,13H2/t16-/m0/s1. The van der Waals surface area contributed by atoms with E-state index >= 15 is 0 Å². The Kier molecular flexibility index (Phi) is 4.38. The van der Waals surface area contributed by atoms with E-state index in [-0.39, 0.29) is 11.6 Å². The zero-order valence-corrected chi connectivity index (χ0v) is 16.3. The number of hydrogen-bond acceptors (Lipinski definition) is 6.